The number of benzene rings is 2. The summed E-state index contributed by atoms with van der Waals surface area (Å²) in [5, 5.41) is 6.50. The summed E-state index contributed by atoms with van der Waals surface area (Å²) in [6.45, 7) is 8.60. The van der Waals surface area contributed by atoms with Crippen LogP contribution in [0.1, 0.15) is 27.8 Å². The van der Waals surface area contributed by atoms with Gasteiger partial charge in [0.1, 0.15) is 5.82 Å². The number of hydrogen-bond donors (Lipinski definition) is 3. The van der Waals surface area contributed by atoms with Gasteiger partial charge in [-0.25, -0.2) is 18.1 Å². The van der Waals surface area contributed by atoms with Crippen LogP contribution < -0.4 is 15.4 Å². The molecule has 0 amide bonds. The summed E-state index contributed by atoms with van der Waals surface area (Å²) in [6.07, 6.45) is 2.42. The van der Waals surface area contributed by atoms with Crippen LogP contribution in [0.5, 0.6) is 0 Å². The Balaban J connectivity index is 1.62. The van der Waals surface area contributed by atoms with Gasteiger partial charge in [-0.15, -0.1) is 0 Å². The fourth-order valence-electron chi connectivity index (χ4n) is 3.49. The molecular weight excluding hydrogens is 398 g/mol. The minimum absolute atomic E-state index is 0.314. The van der Waals surface area contributed by atoms with Crippen molar-refractivity contribution >= 4 is 33.2 Å². The van der Waals surface area contributed by atoms with Crippen molar-refractivity contribution in [1.29, 1.82) is 0 Å². The van der Waals surface area contributed by atoms with Crippen molar-refractivity contribution in [2.24, 2.45) is 0 Å². The molecule has 3 aromatic rings. The van der Waals surface area contributed by atoms with Gasteiger partial charge in [0.15, 0.2) is 0 Å². The lowest BCUT2D eigenvalue weighted by Crippen LogP contribution is -2.31. The van der Waals surface area contributed by atoms with E-state index in [1.54, 1.807) is 12.3 Å². The maximum absolute atomic E-state index is 12.3. The Hall–Kier alpha value is -2.97. The minimum atomic E-state index is -3.46. The molecule has 156 valence electrons. The maximum Gasteiger partial charge on any atom is 0.240 e. The maximum atomic E-state index is 12.3. The topological polar surface area (TPSA) is 96.0 Å². The van der Waals surface area contributed by atoms with E-state index in [0.29, 0.717) is 35.3 Å². The van der Waals surface area contributed by atoms with Gasteiger partial charge in [-0.2, -0.15) is 4.98 Å². The lowest BCUT2D eigenvalue weighted by molar-refractivity contribution is 0.573. The molecule has 4 rings (SSSR count). The summed E-state index contributed by atoms with van der Waals surface area (Å²) in [7, 11) is -3.46. The zero-order valence-corrected chi connectivity index (χ0v) is 18.3. The number of sulfonamides is 1. The molecule has 0 aliphatic carbocycles. The van der Waals surface area contributed by atoms with Crippen molar-refractivity contribution in [3.8, 4) is 0 Å². The molecule has 3 N–H and O–H groups in total. The summed E-state index contributed by atoms with van der Waals surface area (Å²) < 4.78 is 27.2. The van der Waals surface area contributed by atoms with E-state index >= 15 is 0 Å². The molecule has 0 bridgehead atoms. The Morgan fingerprint density at radius 2 is 1.67 bits per heavy atom. The highest BCUT2D eigenvalue weighted by atomic mass is 32.2. The molecule has 1 aliphatic rings. The Morgan fingerprint density at radius 3 is 2.40 bits per heavy atom. The van der Waals surface area contributed by atoms with Crippen LogP contribution in [0.4, 0.5) is 23.1 Å². The molecular formula is C22H25N5O2S. The second-order valence-corrected chi connectivity index (χ2v) is 9.42. The second kappa shape index (κ2) is 7.70. The highest BCUT2D eigenvalue weighted by Gasteiger charge is 2.23. The van der Waals surface area contributed by atoms with E-state index in [0.717, 1.165) is 16.8 Å². The molecule has 1 aromatic heterocycles. The number of nitrogens with zero attached hydrogens (tertiary/aromatic N) is 2. The first-order valence-corrected chi connectivity index (χ1v) is 11.3. The van der Waals surface area contributed by atoms with Gasteiger partial charge in [0.2, 0.25) is 16.0 Å². The zero-order valence-electron chi connectivity index (χ0n) is 17.5. The standard InChI is InChI=1S/C22H25N5O2S/c1-13-9-19(10-14(2)16(13)4)26-22-23-12-15(3)21(27-22)25-18-6-5-17-7-8-24-30(28,29)20(17)11-18/h5-6,9-12,24H,7-8H2,1-4H3,(H2,23,25,26,27). The van der Waals surface area contributed by atoms with Gasteiger partial charge >= 0.3 is 0 Å². The summed E-state index contributed by atoms with van der Waals surface area (Å²) in [6, 6.07) is 9.52. The number of aromatic nitrogens is 2. The first-order chi connectivity index (χ1) is 14.2. The molecule has 30 heavy (non-hydrogen) atoms. The van der Waals surface area contributed by atoms with Crippen LogP contribution in [0.3, 0.4) is 0 Å². The van der Waals surface area contributed by atoms with Crippen LogP contribution in [0, 0.1) is 27.7 Å². The monoisotopic (exact) mass is 423 g/mol. The Morgan fingerprint density at radius 1 is 0.933 bits per heavy atom. The van der Waals surface area contributed by atoms with Crippen LogP contribution in [0.2, 0.25) is 0 Å². The van der Waals surface area contributed by atoms with Crippen molar-refractivity contribution in [1.82, 2.24) is 14.7 Å². The van der Waals surface area contributed by atoms with Crippen molar-refractivity contribution in [3.63, 3.8) is 0 Å². The molecule has 0 saturated carbocycles. The average Bonchev–Trinajstić information content (AvgIpc) is 2.69. The number of aryl methyl sites for hydroxylation is 3. The summed E-state index contributed by atoms with van der Waals surface area (Å²) in [5.74, 6) is 1.09. The molecule has 0 unspecified atom stereocenters. The third-order valence-electron chi connectivity index (χ3n) is 5.46. The second-order valence-electron chi connectivity index (χ2n) is 7.68. The van der Waals surface area contributed by atoms with Gasteiger partial charge < -0.3 is 10.6 Å². The molecule has 0 spiro atoms. The van der Waals surface area contributed by atoms with Gasteiger partial charge in [-0.3, -0.25) is 0 Å². The molecule has 2 aromatic carbocycles. The third-order valence-corrected chi connectivity index (χ3v) is 7.00. The van der Waals surface area contributed by atoms with E-state index < -0.39 is 10.0 Å². The molecule has 0 atom stereocenters. The summed E-state index contributed by atoms with van der Waals surface area (Å²) >= 11 is 0. The van der Waals surface area contributed by atoms with Gasteiger partial charge in [0, 0.05) is 29.7 Å². The lowest BCUT2D eigenvalue weighted by atomic mass is 10.0. The fraction of sp³-hybridized carbons (Fsp3) is 0.273. The van der Waals surface area contributed by atoms with Crippen molar-refractivity contribution < 1.29 is 8.42 Å². The first kappa shape index (κ1) is 20.3. The van der Waals surface area contributed by atoms with E-state index in [-0.39, 0.29) is 0 Å². The quantitative estimate of drug-likeness (QED) is 0.586. The lowest BCUT2D eigenvalue weighted by Gasteiger charge is -2.19. The van der Waals surface area contributed by atoms with Crippen molar-refractivity contribution in [2.45, 2.75) is 39.0 Å². The smallest absolute Gasteiger partial charge is 0.240 e. The van der Waals surface area contributed by atoms with Gasteiger partial charge in [-0.1, -0.05) is 6.07 Å². The van der Waals surface area contributed by atoms with Gasteiger partial charge in [0.25, 0.3) is 0 Å². The predicted octanol–water partition coefficient (Wildman–Crippen LogP) is 4.03. The van der Waals surface area contributed by atoms with E-state index in [4.69, 9.17) is 0 Å². The number of hydrogen-bond acceptors (Lipinski definition) is 6. The number of fused-ring (bicyclic) bond motifs is 1. The molecule has 7 nitrogen and oxygen atoms in total. The largest absolute Gasteiger partial charge is 0.340 e. The van der Waals surface area contributed by atoms with E-state index in [2.05, 4.69) is 58.2 Å². The van der Waals surface area contributed by atoms with E-state index in [1.165, 1.54) is 16.7 Å². The van der Waals surface area contributed by atoms with Crippen LogP contribution >= 0.6 is 0 Å². The predicted molar refractivity (Wildman–Crippen MR) is 119 cm³/mol. The zero-order chi connectivity index (χ0) is 21.5. The molecule has 0 saturated heterocycles. The number of anilines is 4. The molecule has 2 heterocycles. The minimum Gasteiger partial charge on any atom is -0.340 e. The SMILES string of the molecule is Cc1cnc(Nc2cc(C)c(C)c(C)c2)nc1Nc1ccc2c(c1)S(=O)(=O)NCC2. The third kappa shape index (κ3) is 4.01. The first-order valence-electron chi connectivity index (χ1n) is 9.81. The molecule has 0 fully saturated rings. The summed E-state index contributed by atoms with van der Waals surface area (Å²) in [5.41, 5.74) is 6.94. The van der Waals surface area contributed by atoms with Crippen LogP contribution in [-0.4, -0.2) is 24.9 Å². The highest BCUT2D eigenvalue weighted by Crippen LogP contribution is 2.27. The van der Waals surface area contributed by atoms with Crippen LogP contribution in [-0.2, 0) is 16.4 Å². The average molecular weight is 424 g/mol. The normalized spacial score (nSPS) is 14.8. The molecule has 0 radical (unpaired) electrons. The van der Waals surface area contributed by atoms with Gasteiger partial charge in [0.05, 0.1) is 4.90 Å². The molecule has 8 heteroatoms. The summed E-state index contributed by atoms with van der Waals surface area (Å²) in [4.78, 5) is 9.29. The highest BCUT2D eigenvalue weighted by molar-refractivity contribution is 7.89. The Labute approximate surface area is 177 Å². The van der Waals surface area contributed by atoms with Crippen molar-refractivity contribution in [2.75, 3.05) is 17.2 Å². The van der Waals surface area contributed by atoms with E-state index in [9.17, 15) is 8.42 Å². The van der Waals surface area contributed by atoms with Crippen molar-refractivity contribution in [3.05, 3.63) is 64.3 Å². The Kier molecular flexibility index (Phi) is 5.21. The van der Waals surface area contributed by atoms with Crippen LogP contribution in [0.15, 0.2) is 41.4 Å². The Bertz CT molecular complexity index is 1220. The fourth-order valence-corrected chi connectivity index (χ4v) is 4.81. The van der Waals surface area contributed by atoms with E-state index in [1.807, 2.05) is 19.1 Å². The van der Waals surface area contributed by atoms with Gasteiger partial charge in [-0.05, 0) is 80.6 Å². The number of nitrogens with one attached hydrogen (secondary N) is 3. The van der Waals surface area contributed by atoms with Crippen LogP contribution in [0.25, 0.3) is 0 Å². The molecule has 1 aliphatic heterocycles. The number of rotatable bonds is 4.